The number of methoxy groups -OCH3 is 1. The summed E-state index contributed by atoms with van der Waals surface area (Å²) in [6.07, 6.45) is -3.75. The van der Waals surface area contributed by atoms with Crippen LogP contribution in [0.25, 0.3) is 11.3 Å². The molecule has 15 heteroatoms. The Morgan fingerprint density at radius 3 is 2.50 bits per heavy atom. The molecule has 0 spiro atoms. The van der Waals surface area contributed by atoms with E-state index in [4.69, 9.17) is 31.5 Å². The quantitative estimate of drug-likeness (QED) is 0.280. The third kappa shape index (κ3) is 5.47. The Morgan fingerprint density at radius 2 is 1.91 bits per heavy atom. The third-order valence-electron chi connectivity index (χ3n) is 7.49. The molecule has 2 atom stereocenters. The molecule has 4 N–H and O–H groups in total. The number of primary amides is 1. The zero-order valence-electron chi connectivity index (χ0n) is 22.9. The smallest absolute Gasteiger partial charge is 0.424 e. The van der Waals surface area contributed by atoms with Gasteiger partial charge in [0, 0.05) is 16.7 Å². The number of amides is 2. The van der Waals surface area contributed by atoms with Crippen molar-refractivity contribution in [1.82, 2.24) is 10.3 Å². The molecule has 0 radical (unpaired) electrons. The predicted molar refractivity (Wildman–Crippen MR) is 146 cm³/mol. The summed E-state index contributed by atoms with van der Waals surface area (Å²) in [6, 6.07) is 7.74. The first-order valence-electron chi connectivity index (χ1n) is 13.2. The summed E-state index contributed by atoms with van der Waals surface area (Å²) in [5, 5.41) is 12.8. The van der Waals surface area contributed by atoms with Gasteiger partial charge in [0.15, 0.2) is 11.5 Å². The van der Waals surface area contributed by atoms with E-state index in [0.29, 0.717) is 11.8 Å². The van der Waals surface area contributed by atoms with E-state index in [-0.39, 0.29) is 28.7 Å². The minimum absolute atomic E-state index is 0.0112. The van der Waals surface area contributed by atoms with E-state index in [1.807, 2.05) is 0 Å². The number of hydrogen-bond donors (Lipinski definition) is 3. The zero-order valence-corrected chi connectivity index (χ0v) is 23.7. The molecular formula is C29H25ClF5N3O6. The van der Waals surface area contributed by atoms with Crippen molar-refractivity contribution in [3.8, 4) is 28.5 Å². The van der Waals surface area contributed by atoms with E-state index >= 15 is 0 Å². The molecule has 2 aliphatic rings. The Morgan fingerprint density at radius 1 is 1.18 bits per heavy atom. The summed E-state index contributed by atoms with van der Waals surface area (Å²) in [5.74, 6) is -2.88. The van der Waals surface area contributed by atoms with Crippen molar-refractivity contribution in [1.29, 1.82) is 0 Å². The third-order valence-corrected chi connectivity index (χ3v) is 7.78. The lowest BCUT2D eigenvalue weighted by Crippen LogP contribution is -2.52. The van der Waals surface area contributed by atoms with Crippen molar-refractivity contribution < 1.29 is 50.9 Å². The second-order valence-electron chi connectivity index (χ2n) is 10.5. The first kappa shape index (κ1) is 31.3. The van der Waals surface area contributed by atoms with Gasteiger partial charge in [-0.05, 0) is 55.3 Å². The number of nitrogens with one attached hydrogen (secondary N) is 1. The Labute approximate surface area is 252 Å². The number of halogens is 6. The van der Waals surface area contributed by atoms with E-state index in [1.54, 1.807) is 0 Å². The fraction of sp³-hybridized carbons (Fsp3) is 0.345. The summed E-state index contributed by atoms with van der Waals surface area (Å²) in [4.78, 5) is 29.3. The van der Waals surface area contributed by atoms with Gasteiger partial charge in [0.25, 0.3) is 5.91 Å². The van der Waals surface area contributed by atoms with E-state index in [9.17, 15) is 36.6 Å². The van der Waals surface area contributed by atoms with Crippen LogP contribution in [0, 0.1) is 5.82 Å². The van der Waals surface area contributed by atoms with Crippen LogP contribution in [-0.4, -0.2) is 61.1 Å². The van der Waals surface area contributed by atoms with Gasteiger partial charge in [0.05, 0.1) is 30.5 Å². The van der Waals surface area contributed by atoms with Crippen LogP contribution in [0.4, 0.5) is 22.0 Å². The fourth-order valence-electron chi connectivity index (χ4n) is 4.66. The number of aromatic nitrogens is 1. The first-order valence-corrected chi connectivity index (χ1v) is 13.5. The topological polar surface area (TPSA) is 133 Å². The predicted octanol–water partition coefficient (Wildman–Crippen LogP) is 4.36. The molecule has 1 saturated carbocycles. The second-order valence-corrected chi connectivity index (χ2v) is 10.9. The highest BCUT2D eigenvalue weighted by Crippen LogP contribution is 2.48. The van der Waals surface area contributed by atoms with Crippen molar-refractivity contribution in [3.63, 3.8) is 0 Å². The van der Waals surface area contributed by atoms with Crippen LogP contribution in [0.15, 0.2) is 42.5 Å². The van der Waals surface area contributed by atoms with Crippen molar-refractivity contribution in [2.24, 2.45) is 5.73 Å². The molecule has 5 rings (SSSR count). The molecule has 1 aliphatic carbocycles. The van der Waals surface area contributed by atoms with Crippen molar-refractivity contribution >= 4 is 23.4 Å². The molecule has 1 fully saturated rings. The average Bonchev–Trinajstić information content (AvgIpc) is 3.72. The van der Waals surface area contributed by atoms with E-state index in [0.717, 1.165) is 31.0 Å². The van der Waals surface area contributed by atoms with Crippen molar-refractivity contribution in [2.45, 2.75) is 36.1 Å². The van der Waals surface area contributed by atoms with Crippen molar-refractivity contribution in [3.05, 3.63) is 70.1 Å². The Bertz CT molecular complexity index is 1640. The summed E-state index contributed by atoms with van der Waals surface area (Å²) < 4.78 is 88.6. The molecule has 234 valence electrons. The Kier molecular flexibility index (Phi) is 8.10. The van der Waals surface area contributed by atoms with E-state index < -0.39 is 76.6 Å². The number of ether oxygens (including phenoxy) is 3. The SMILES string of the molecule is COc1cc(C(=O)NCC(O)(c2cc3c(c(-c4ccc(F)c(Cl)c4)n2)OC[C@]3(CF)C(N)=O)C(F)(F)F)ccc1OC1CC1. The van der Waals surface area contributed by atoms with Gasteiger partial charge < -0.3 is 30.4 Å². The van der Waals surface area contributed by atoms with E-state index in [1.165, 1.54) is 25.3 Å². The standard InChI is InChI=1S/C29H25ClF5N3O6/c1-42-21-9-15(3-7-20(21)44-16-4-5-16)25(39)37-12-28(41,29(33,34)35)22-10-17-24(43-13-27(17,11-31)26(36)40)23(38-22)14-2-6-19(32)18(30)8-14/h2-3,6-10,16,41H,4-5,11-13H2,1H3,(H2,36,40)(H,37,39)/t27-,28?/m0/s1. The fourth-order valence-corrected chi connectivity index (χ4v) is 4.84. The number of nitrogens with two attached hydrogens (primary N) is 1. The lowest BCUT2D eigenvalue weighted by molar-refractivity contribution is -0.265. The second kappa shape index (κ2) is 11.4. The minimum atomic E-state index is -5.47. The largest absolute Gasteiger partial charge is 0.493 e. The van der Waals surface area contributed by atoms with Crippen LogP contribution in [0.2, 0.25) is 5.02 Å². The number of aliphatic hydroxyl groups is 1. The van der Waals surface area contributed by atoms with Crippen LogP contribution in [-0.2, 0) is 15.8 Å². The number of benzene rings is 2. The molecule has 0 saturated heterocycles. The summed E-state index contributed by atoms with van der Waals surface area (Å²) in [6.45, 7) is -3.58. The zero-order chi connectivity index (χ0) is 32.0. The molecule has 2 amide bonds. The molecule has 1 aliphatic heterocycles. The molecule has 2 heterocycles. The number of carbonyl (C=O) groups excluding carboxylic acids is 2. The highest BCUT2D eigenvalue weighted by Gasteiger charge is 2.58. The van der Waals surface area contributed by atoms with Gasteiger partial charge in [-0.1, -0.05) is 11.6 Å². The van der Waals surface area contributed by atoms with Gasteiger partial charge in [-0.2, -0.15) is 13.2 Å². The normalized spacial score (nSPS) is 19.0. The van der Waals surface area contributed by atoms with Gasteiger partial charge in [0.1, 0.15) is 36.0 Å². The maximum Gasteiger partial charge on any atom is 0.424 e. The van der Waals surface area contributed by atoms with Crippen LogP contribution < -0.4 is 25.3 Å². The van der Waals surface area contributed by atoms with Crippen LogP contribution in [0.3, 0.4) is 0 Å². The van der Waals surface area contributed by atoms with Crippen molar-refractivity contribution in [2.75, 3.05) is 26.9 Å². The highest BCUT2D eigenvalue weighted by atomic mass is 35.5. The number of rotatable bonds is 10. The lowest BCUT2D eigenvalue weighted by Gasteiger charge is -2.31. The summed E-state index contributed by atoms with van der Waals surface area (Å²) in [5.41, 5.74) is -2.75. The Balaban J connectivity index is 1.56. The molecule has 2 aromatic carbocycles. The monoisotopic (exact) mass is 641 g/mol. The maximum atomic E-state index is 14.6. The van der Waals surface area contributed by atoms with Gasteiger partial charge in [-0.3, -0.25) is 9.59 Å². The minimum Gasteiger partial charge on any atom is -0.493 e. The average molecular weight is 642 g/mol. The highest BCUT2D eigenvalue weighted by molar-refractivity contribution is 6.31. The van der Waals surface area contributed by atoms with Crippen LogP contribution >= 0.6 is 11.6 Å². The molecule has 1 unspecified atom stereocenters. The van der Waals surface area contributed by atoms with Crippen LogP contribution in [0.5, 0.6) is 17.2 Å². The number of pyridine rings is 1. The number of nitrogens with zero attached hydrogens (tertiary/aromatic N) is 1. The molecule has 3 aromatic rings. The van der Waals surface area contributed by atoms with Crippen LogP contribution in [0.1, 0.15) is 34.5 Å². The number of fused-ring (bicyclic) bond motifs is 1. The molecule has 44 heavy (non-hydrogen) atoms. The van der Waals surface area contributed by atoms with Gasteiger partial charge in [0.2, 0.25) is 11.5 Å². The van der Waals surface area contributed by atoms with E-state index in [2.05, 4.69) is 10.3 Å². The lowest BCUT2D eigenvalue weighted by atomic mass is 9.81. The Hall–Kier alpha value is -4.17. The molecule has 9 nitrogen and oxygen atoms in total. The molecule has 1 aromatic heterocycles. The molecular weight excluding hydrogens is 617 g/mol. The summed E-state index contributed by atoms with van der Waals surface area (Å²) in [7, 11) is 1.33. The van der Waals surface area contributed by atoms with Gasteiger partial charge in [-0.25, -0.2) is 13.8 Å². The van der Waals surface area contributed by atoms with Gasteiger partial charge in [-0.15, -0.1) is 0 Å². The summed E-state index contributed by atoms with van der Waals surface area (Å²) >= 11 is 5.88. The maximum absolute atomic E-state index is 14.6. The number of alkyl halides is 4. The molecule has 0 bridgehead atoms. The number of carbonyl (C=O) groups is 2. The number of hydrogen-bond acceptors (Lipinski definition) is 7. The first-order chi connectivity index (χ1) is 20.7. The van der Waals surface area contributed by atoms with Gasteiger partial charge >= 0.3 is 6.18 Å².